The normalized spacial score (nSPS) is 10.5. The number of amides is 2. The van der Waals surface area contributed by atoms with Crippen molar-refractivity contribution >= 4 is 29.5 Å². The second kappa shape index (κ2) is 6.89. The van der Waals surface area contributed by atoms with Crippen molar-refractivity contribution in [3.05, 3.63) is 40.7 Å². The van der Waals surface area contributed by atoms with E-state index < -0.39 is 11.7 Å². The minimum absolute atomic E-state index is 0.00894. The van der Waals surface area contributed by atoms with Crippen LogP contribution >= 0.6 is 11.6 Å². The number of likely N-dealkylation sites (N-methyl/N-ethyl adjacent to an activating group) is 1. The Morgan fingerprint density at radius 1 is 1.42 bits per heavy atom. The van der Waals surface area contributed by atoms with Crippen LogP contribution in [0.1, 0.15) is 5.56 Å². The average Bonchev–Trinajstić information content (AvgIpc) is 2.37. The van der Waals surface area contributed by atoms with Gasteiger partial charge in [0.15, 0.2) is 0 Å². The van der Waals surface area contributed by atoms with E-state index in [1.807, 2.05) is 0 Å². The molecule has 0 fully saturated rings. The van der Waals surface area contributed by atoms with Gasteiger partial charge in [0, 0.05) is 20.2 Å². The summed E-state index contributed by atoms with van der Waals surface area (Å²) in [4.78, 5) is 24.0. The van der Waals surface area contributed by atoms with E-state index in [4.69, 9.17) is 11.6 Å². The molecule has 102 valence electrons. The first kappa shape index (κ1) is 15.2. The molecular weight excluding hydrogens is 271 g/mol. The molecule has 0 bridgehead atoms. The van der Waals surface area contributed by atoms with Crippen LogP contribution in [0.5, 0.6) is 0 Å². The Kier molecular flexibility index (Phi) is 5.51. The molecule has 0 aliphatic heterocycles. The van der Waals surface area contributed by atoms with Gasteiger partial charge < -0.3 is 10.2 Å². The van der Waals surface area contributed by atoms with Crippen LogP contribution in [-0.2, 0) is 9.59 Å². The lowest BCUT2D eigenvalue weighted by atomic mass is 10.2. The number of hydrogen-bond acceptors (Lipinski definition) is 2. The van der Waals surface area contributed by atoms with E-state index in [-0.39, 0.29) is 17.5 Å². The first-order chi connectivity index (χ1) is 8.90. The highest BCUT2D eigenvalue weighted by molar-refractivity contribution is 6.30. The lowest BCUT2D eigenvalue weighted by Gasteiger charge is -2.09. The number of halogens is 2. The van der Waals surface area contributed by atoms with Gasteiger partial charge in [-0.1, -0.05) is 17.7 Å². The van der Waals surface area contributed by atoms with E-state index >= 15 is 0 Å². The van der Waals surface area contributed by atoms with Crippen LogP contribution in [0.4, 0.5) is 4.39 Å². The van der Waals surface area contributed by atoms with Crippen molar-refractivity contribution in [3.8, 4) is 0 Å². The predicted molar refractivity (Wildman–Crippen MR) is 72.1 cm³/mol. The van der Waals surface area contributed by atoms with Crippen molar-refractivity contribution in [3.63, 3.8) is 0 Å². The Hall–Kier alpha value is -1.88. The molecule has 0 aliphatic rings. The molecule has 0 saturated heterocycles. The summed E-state index contributed by atoms with van der Waals surface area (Å²) < 4.78 is 12.9. The quantitative estimate of drug-likeness (QED) is 0.856. The van der Waals surface area contributed by atoms with Crippen LogP contribution in [0.15, 0.2) is 24.3 Å². The number of nitrogens with zero attached hydrogens (tertiary/aromatic N) is 1. The molecule has 1 N–H and O–H groups in total. The zero-order valence-electron chi connectivity index (χ0n) is 10.6. The summed E-state index contributed by atoms with van der Waals surface area (Å²) in [5.41, 5.74) is 0.598. The summed E-state index contributed by atoms with van der Waals surface area (Å²) >= 11 is 5.61. The summed E-state index contributed by atoms with van der Waals surface area (Å²) in [6.45, 7) is -0.0691. The molecule has 0 saturated carbocycles. The standard InChI is InChI=1S/C13H14ClFN2O2/c1-17(2)13(19)8-16-12(18)6-4-9-3-5-11(15)10(14)7-9/h3-7H,8H2,1-2H3,(H,16,18)/b6-4+. The minimum atomic E-state index is -0.514. The van der Waals surface area contributed by atoms with E-state index in [1.165, 1.54) is 35.3 Å². The number of benzene rings is 1. The lowest BCUT2D eigenvalue weighted by molar-refractivity contribution is -0.129. The Balaban J connectivity index is 2.54. The third kappa shape index (κ3) is 5.09. The van der Waals surface area contributed by atoms with Gasteiger partial charge in [0.25, 0.3) is 0 Å². The first-order valence-electron chi connectivity index (χ1n) is 5.51. The molecule has 4 nitrogen and oxygen atoms in total. The topological polar surface area (TPSA) is 49.4 Å². The summed E-state index contributed by atoms with van der Waals surface area (Å²) in [5, 5.41) is 2.43. The Bertz CT molecular complexity index is 515. The molecule has 0 unspecified atom stereocenters. The van der Waals surface area contributed by atoms with Crippen LogP contribution in [0, 0.1) is 5.82 Å². The summed E-state index contributed by atoms with van der Waals surface area (Å²) in [6, 6.07) is 4.12. The van der Waals surface area contributed by atoms with Gasteiger partial charge in [-0.05, 0) is 23.8 Å². The molecule has 6 heteroatoms. The van der Waals surface area contributed by atoms with Crippen LogP contribution < -0.4 is 5.32 Å². The number of carbonyl (C=O) groups excluding carboxylic acids is 2. The molecule has 1 rings (SSSR count). The van der Waals surface area contributed by atoms with Crippen LogP contribution in [-0.4, -0.2) is 37.4 Å². The molecule has 1 aromatic carbocycles. The van der Waals surface area contributed by atoms with Crippen molar-refractivity contribution in [2.24, 2.45) is 0 Å². The summed E-state index contributed by atoms with van der Waals surface area (Å²) in [5.74, 6) is -1.12. The van der Waals surface area contributed by atoms with Gasteiger partial charge in [0.1, 0.15) is 5.82 Å². The fraction of sp³-hybridized carbons (Fsp3) is 0.231. The molecule has 19 heavy (non-hydrogen) atoms. The monoisotopic (exact) mass is 284 g/mol. The van der Waals surface area contributed by atoms with Crippen molar-refractivity contribution in [1.82, 2.24) is 10.2 Å². The maximum absolute atomic E-state index is 12.9. The van der Waals surface area contributed by atoms with Gasteiger partial charge in [-0.2, -0.15) is 0 Å². The predicted octanol–water partition coefficient (Wildman–Crippen LogP) is 1.70. The van der Waals surface area contributed by atoms with Gasteiger partial charge in [0.2, 0.25) is 11.8 Å². The molecule has 0 heterocycles. The van der Waals surface area contributed by atoms with Gasteiger partial charge in [-0.15, -0.1) is 0 Å². The lowest BCUT2D eigenvalue weighted by Crippen LogP contribution is -2.35. The first-order valence-corrected chi connectivity index (χ1v) is 5.89. The van der Waals surface area contributed by atoms with Gasteiger partial charge in [0.05, 0.1) is 11.6 Å². The Morgan fingerprint density at radius 2 is 2.11 bits per heavy atom. The van der Waals surface area contributed by atoms with Crippen molar-refractivity contribution in [2.45, 2.75) is 0 Å². The smallest absolute Gasteiger partial charge is 0.244 e. The fourth-order valence-corrected chi connectivity index (χ4v) is 1.36. The van der Waals surface area contributed by atoms with Crippen molar-refractivity contribution in [1.29, 1.82) is 0 Å². The zero-order valence-corrected chi connectivity index (χ0v) is 11.4. The molecule has 1 aromatic rings. The van der Waals surface area contributed by atoms with E-state index in [0.29, 0.717) is 5.56 Å². The van der Waals surface area contributed by atoms with Crippen molar-refractivity contribution < 1.29 is 14.0 Å². The maximum atomic E-state index is 12.9. The van der Waals surface area contributed by atoms with E-state index in [1.54, 1.807) is 14.1 Å². The highest BCUT2D eigenvalue weighted by Crippen LogP contribution is 2.16. The van der Waals surface area contributed by atoms with E-state index in [9.17, 15) is 14.0 Å². The zero-order chi connectivity index (χ0) is 14.4. The Morgan fingerprint density at radius 3 is 2.68 bits per heavy atom. The molecule has 0 radical (unpaired) electrons. The third-order valence-electron chi connectivity index (χ3n) is 2.28. The average molecular weight is 285 g/mol. The van der Waals surface area contributed by atoms with Gasteiger partial charge in [-0.3, -0.25) is 9.59 Å². The SMILES string of the molecule is CN(C)C(=O)CNC(=O)/C=C/c1ccc(F)c(Cl)c1. The van der Waals surface area contributed by atoms with Crippen LogP contribution in [0.3, 0.4) is 0 Å². The highest BCUT2D eigenvalue weighted by atomic mass is 35.5. The number of hydrogen-bond donors (Lipinski definition) is 1. The van der Waals surface area contributed by atoms with Gasteiger partial charge >= 0.3 is 0 Å². The molecule has 2 amide bonds. The third-order valence-corrected chi connectivity index (χ3v) is 2.57. The molecular formula is C13H14ClFN2O2. The second-order valence-corrected chi connectivity index (χ2v) is 4.42. The molecule has 0 aromatic heterocycles. The molecule has 0 spiro atoms. The van der Waals surface area contributed by atoms with Crippen LogP contribution in [0.25, 0.3) is 6.08 Å². The highest BCUT2D eigenvalue weighted by Gasteiger charge is 2.04. The van der Waals surface area contributed by atoms with E-state index in [0.717, 1.165) is 0 Å². The maximum Gasteiger partial charge on any atom is 0.244 e. The van der Waals surface area contributed by atoms with Crippen LogP contribution in [0.2, 0.25) is 5.02 Å². The molecule has 0 atom stereocenters. The summed E-state index contributed by atoms with van der Waals surface area (Å²) in [7, 11) is 3.20. The largest absolute Gasteiger partial charge is 0.347 e. The molecule has 0 aliphatic carbocycles. The summed E-state index contributed by atoms with van der Waals surface area (Å²) in [6.07, 6.45) is 2.74. The number of rotatable bonds is 4. The van der Waals surface area contributed by atoms with E-state index in [2.05, 4.69) is 5.32 Å². The number of carbonyl (C=O) groups is 2. The second-order valence-electron chi connectivity index (χ2n) is 4.01. The number of nitrogens with one attached hydrogen (secondary N) is 1. The van der Waals surface area contributed by atoms with Crippen molar-refractivity contribution in [2.75, 3.05) is 20.6 Å². The fourth-order valence-electron chi connectivity index (χ4n) is 1.17. The van der Waals surface area contributed by atoms with Gasteiger partial charge in [-0.25, -0.2) is 4.39 Å². The minimum Gasteiger partial charge on any atom is -0.347 e. The Labute approximate surface area is 115 Å².